The zero-order valence-corrected chi connectivity index (χ0v) is 15.3. The normalized spacial score (nSPS) is 17.3. The average molecular weight is 353 g/mol. The number of rotatable bonds is 5. The number of nitrogens with zero attached hydrogens (tertiary/aromatic N) is 5. The third-order valence-electron chi connectivity index (χ3n) is 4.76. The van der Waals surface area contributed by atoms with Gasteiger partial charge in [0.2, 0.25) is 5.88 Å². The lowest BCUT2D eigenvalue weighted by molar-refractivity contribution is 0.0971. The van der Waals surface area contributed by atoms with E-state index in [0.29, 0.717) is 12.5 Å². The summed E-state index contributed by atoms with van der Waals surface area (Å²) in [6.45, 7) is 5.94. The van der Waals surface area contributed by atoms with E-state index in [4.69, 9.17) is 9.15 Å². The molecule has 7 nitrogen and oxygen atoms in total. The van der Waals surface area contributed by atoms with Gasteiger partial charge < -0.3 is 13.7 Å². The molecule has 1 atom stereocenters. The second kappa shape index (κ2) is 6.92. The Kier molecular flexibility index (Phi) is 4.46. The molecule has 1 aliphatic heterocycles. The molecule has 3 aromatic heterocycles. The number of ether oxygens (including phenoxy) is 1. The van der Waals surface area contributed by atoms with Crippen molar-refractivity contribution in [3.05, 3.63) is 59.5 Å². The number of hydrogen-bond acceptors (Lipinski definition) is 6. The highest BCUT2D eigenvalue weighted by Crippen LogP contribution is 2.25. The van der Waals surface area contributed by atoms with Crippen LogP contribution >= 0.6 is 0 Å². The summed E-state index contributed by atoms with van der Waals surface area (Å²) in [6, 6.07) is 4.25. The highest BCUT2D eigenvalue weighted by molar-refractivity contribution is 5.19. The number of aryl methyl sites for hydroxylation is 3. The van der Waals surface area contributed by atoms with Crippen molar-refractivity contribution in [2.45, 2.75) is 39.4 Å². The van der Waals surface area contributed by atoms with E-state index < -0.39 is 0 Å². The average Bonchev–Trinajstić information content (AvgIpc) is 3.19. The fourth-order valence-electron chi connectivity index (χ4n) is 3.38. The number of fused-ring (bicyclic) bond motifs is 1. The predicted molar refractivity (Wildman–Crippen MR) is 95.7 cm³/mol. The number of furan rings is 1. The first-order valence-electron chi connectivity index (χ1n) is 8.78. The molecule has 0 aromatic carbocycles. The highest BCUT2D eigenvalue weighted by atomic mass is 16.5. The molecule has 3 aromatic rings. The molecule has 0 unspecified atom stereocenters. The van der Waals surface area contributed by atoms with Gasteiger partial charge in [-0.05, 0) is 26.0 Å². The van der Waals surface area contributed by atoms with Crippen LogP contribution in [0.3, 0.4) is 0 Å². The lowest BCUT2D eigenvalue weighted by Gasteiger charge is -2.34. The Balaban J connectivity index is 1.52. The molecule has 1 aliphatic rings. The number of hydrogen-bond donors (Lipinski definition) is 0. The highest BCUT2D eigenvalue weighted by Gasteiger charge is 2.30. The Labute approximate surface area is 152 Å². The maximum atomic E-state index is 5.96. The van der Waals surface area contributed by atoms with Crippen LogP contribution in [-0.2, 0) is 26.6 Å². The maximum absolute atomic E-state index is 5.96. The van der Waals surface area contributed by atoms with Crippen LogP contribution in [0.5, 0.6) is 5.88 Å². The molecular formula is C19H23N5O2. The molecule has 4 rings (SSSR count). The van der Waals surface area contributed by atoms with Crippen LogP contribution in [-0.4, -0.2) is 37.1 Å². The maximum Gasteiger partial charge on any atom is 0.232 e. The van der Waals surface area contributed by atoms with E-state index in [-0.39, 0.29) is 6.04 Å². The molecule has 0 saturated carbocycles. The smallest absolute Gasteiger partial charge is 0.232 e. The van der Waals surface area contributed by atoms with Crippen LogP contribution in [0.1, 0.15) is 28.6 Å². The van der Waals surface area contributed by atoms with Crippen LogP contribution < -0.4 is 4.74 Å². The largest absolute Gasteiger partial charge is 0.475 e. The van der Waals surface area contributed by atoms with Crippen molar-refractivity contribution in [3.63, 3.8) is 0 Å². The van der Waals surface area contributed by atoms with E-state index in [2.05, 4.69) is 24.4 Å². The van der Waals surface area contributed by atoms with Gasteiger partial charge in [-0.15, -0.1) is 0 Å². The summed E-state index contributed by atoms with van der Waals surface area (Å²) in [7, 11) is 2.04. The minimum Gasteiger partial charge on any atom is -0.475 e. The van der Waals surface area contributed by atoms with Gasteiger partial charge in [0.05, 0.1) is 36.5 Å². The molecule has 4 heterocycles. The summed E-state index contributed by atoms with van der Waals surface area (Å²) in [5.74, 6) is 2.45. The molecule has 26 heavy (non-hydrogen) atoms. The number of aromatic nitrogens is 4. The van der Waals surface area contributed by atoms with Gasteiger partial charge in [0, 0.05) is 31.9 Å². The molecule has 7 heteroatoms. The van der Waals surface area contributed by atoms with Crippen molar-refractivity contribution in [3.8, 4) is 5.88 Å². The van der Waals surface area contributed by atoms with Gasteiger partial charge in [-0.3, -0.25) is 9.88 Å². The molecule has 136 valence electrons. The lowest BCUT2D eigenvalue weighted by Crippen LogP contribution is -2.44. The first kappa shape index (κ1) is 16.8. The molecule has 0 amide bonds. The summed E-state index contributed by atoms with van der Waals surface area (Å²) >= 11 is 0. The topological polar surface area (TPSA) is 69.2 Å². The van der Waals surface area contributed by atoms with Crippen molar-refractivity contribution >= 4 is 0 Å². The Morgan fingerprint density at radius 2 is 2.15 bits per heavy atom. The standard InChI is InChI=1S/C19H23N5O2/c1-13-7-20-8-19(22-13)25-11-15-6-18-17(21-12-23(18)3)10-24(15)9-16-5-4-14(2)26-16/h4-5,7-8,12,15H,6,9-11H2,1-3H3/t15-/m1/s1. The van der Waals surface area contributed by atoms with Crippen molar-refractivity contribution < 1.29 is 9.15 Å². The predicted octanol–water partition coefficient (Wildman–Crippen LogP) is 2.43. The molecule has 0 radical (unpaired) electrons. The van der Waals surface area contributed by atoms with Crippen LogP contribution in [0.2, 0.25) is 0 Å². The van der Waals surface area contributed by atoms with E-state index in [1.165, 1.54) is 5.69 Å². The Hall–Kier alpha value is -2.67. The zero-order chi connectivity index (χ0) is 18.1. The van der Waals surface area contributed by atoms with Crippen LogP contribution in [0, 0.1) is 13.8 Å². The van der Waals surface area contributed by atoms with Gasteiger partial charge in [0.1, 0.15) is 18.1 Å². The molecule has 0 aliphatic carbocycles. The number of imidazole rings is 1. The summed E-state index contributed by atoms with van der Waals surface area (Å²) in [4.78, 5) is 15.4. The van der Waals surface area contributed by atoms with E-state index in [1.807, 2.05) is 39.4 Å². The van der Waals surface area contributed by atoms with Crippen molar-refractivity contribution in [1.82, 2.24) is 24.4 Å². The summed E-state index contributed by atoms with van der Waals surface area (Å²) < 4.78 is 13.8. The molecule has 0 spiro atoms. The monoisotopic (exact) mass is 353 g/mol. The SMILES string of the molecule is Cc1cncc(OC[C@H]2Cc3c(ncn3C)CN2Cc2ccc(C)o2)n1. The quantitative estimate of drug-likeness (QED) is 0.702. The van der Waals surface area contributed by atoms with Crippen molar-refractivity contribution in [2.24, 2.45) is 7.05 Å². The van der Waals surface area contributed by atoms with E-state index >= 15 is 0 Å². The Morgan fingerprint density at radius 1 is 1.27 bits per heavy atom. The fourth-order valence-corrected chi connectivity index (χ4v) is 3.38. The molecule has 0 saturated heterocycles. The van der Waals surface area contributed by atoms with Gasteiger partial charge in [0.15, 0.2) is 0 Å². The third-order valence-corrected chi connectivity index (χ3v) is 4.76. The minimum atomic E-state index is 0.214. The van der Waals surface area contributed by atoms with Crippen LogP contribution in [0.15, 0.2) is 35.3 Å². The summed E-state index contributed by atoms with van der Waals surface area (Å²) in [5.41, 5.74) is 3.24. The van der Waals surface area contributed by atoms with Crippen LogP contribution in [0.25, 0.3) is 0 Å². The van der Waals surface area contributed by atoms with E-state index in [0.717, 1.165) is 42.4 Å². The van der Waals surface area contributed by atoms with Gasteiger partial charge in [-0.25, -0.2) is 9.97 Å². The molecule has 0 N–H and O–H groups in total. The van der Waals surface area contributed by atoms with Gasteiger partial charge >= 0.3 is 0 Å². The first-order chi connectivity index (χ1) is 12.6. The minimum absolute atomic E-state index is 0.214. The fraction of sp³-hybridized carbons (Fsp3) is 0.421. The Morgan fingerprint density at radius 3 is 2.92 bits per heavy atom. The second-order valence-electron chi connectivity index (χ2n) is 6.83. The van der Waals surface area contributed by atoms with Gasteiger partial charge in [-0.2, -0.15) is 0 Å². The van der Waals surface area contributed by atoms with Crippen molar-refractivity contribution in [2.75, 3.05) is 6.61 Å². The van der Waals surface area contributed by atoms with Crippen molar-refractivity contribution in [1.29, 1.82) is 0 Å². The first-order valence-corrected chi connectivity index (χ1v) is 8.78. The van der Waals surface area contributed by atoms with Crippen LogP contribution in [0.4, 0.5) is 0 Å². The second-order valence-corrected chi connectivity index (χ2v) is 6.83. The third kappa shape index (κ3) is 3.48. The molecule has 0 bridgehead atoms. The molecular weight excluding hydrogens is 330 g/mol. The molecule has 0 fully saturated rings. The van der Waals surface area contributed by atoms with E-state index in [1.54, 1.807) is 12.4 Å². The summed E-state index contributed by atoms with van der Waals surface area (Å²) in [5, 5.41) is 0. The summed E-state index contributed by atoms with van der Waals surface area (Å²) in [6.07, 6.45) is 6.15. The zero-order valence-electron chi connectivity index (χ0n) is 15.3. The van der Waals surface area contributed by atoms with Gasteiger partial charge in [-0.1, -0.05) is 0 Å². The lowest BCUT2D eigenvalue weighted by atomic mass is 10.0. The van der Waals surface area contributed by atoms with E-state index in [9.17, 15) is 0 Å². The Bertz CT molecular complexity index is 901. The van der Waals surface area contributed by atoms with Gasteiger partial charge in [0.25, 0.3) is 0 Å².